The summed E-state index contributed by atoms with van der Waals surface area (Å²) in [5.74, 6) is 2.42. The molecule has 8 rings (SSSR count). The molecule has 5 aromatic rings. The number of hydrogen-bond donors (Lipinski definition) is 3. The lowest BCUT2D eigenvalue weighted by atomic mass is 9.92. The molecule has 2 fully saturated rings. The van der Waals surface area contributed by atoms with Gasteiger partial charge in [-0.15, -0.1) is 0 Å². The molecule has 3 amide bonds. The molecule has 6 atom stereocenters. The molecule has 3 N–H and O–H groups in total. The number of ether oxygens (including phenoxy) is 3. The maximum atomic E-state index is 14.1. The number of H-pyrrole nitrogens is 2. The Kier molecular flexibility index (Phi) is 9.89. The first-order chi connectivity index (χ1) is 27.2. The minimum atomic E-state index is -0.701. The fourth-order valence-corrected chi connectivity index (χ4v) is 8.77. The number of carbonyl (C=O) groups excluding carboxylic acids is 3. The highest BCUT2D eigenvalue weighted by Gasteiger charge is 2.42. The van der Waals surface area contributed by atoms with Crippen molar-refractivity contribution in [3.05, 3.63) is 65.9 Å². The lowest BCUT2D eigenvalue weighted by molar-refractivity contribution is -0.137. The molecule has 57 heavy (non-hydrogen) atoms. The molecule has 3 aliphatic rings. The molecule has 2 saturated heterocycles. The van der Waals surface area contributed by atoms with Crippen molar-refractivity contribution >= 4 is 39.9 Å². The van der Waals surface area contributed by atoms with Gasteiger partial charge in [-0.2, -0.15) is 0 Å². The summed E-state index contributed by atoms with van der Waals surface area (Å²) in [6.45, 7) is 14.9. The molecule has 5 heterocycles. The standard InChI is InChI=1S/C44H53N7O6/c1-9-24(3)37(49-42(53)55-8)41(52)51-25(4)10-15-34(51)40-46-32-14-12-26-18-31-29-13-11-27(17-28(29)22-56-36(31)19-30(26)38(32)48-40)33-20-45-39(47-33)35-16-23(2)21-50(35)43(54)57-44(5,6)7/h11-14,17-20,23-25,34-35,37H,9-10,15-16,21-22H2,1-8H3,(H,45,47)(H,46,48)(H,49,53)/t23-,24?,25-,34-,35?,37-/m0/s1. The number of likely N-dealkylation sites (tertiary alicyclic amines) is 2. The van der Waals surface area contributed by atoms with Crippen LogP contribution >= 0.6 is 0 Å². The third-order valence-corrected chi connectivity index (χ3v) is 11.9. The van der Waals surface area contributed by atoms with E-state index in [2.05, 4.69) is 65.5 Å². The predicted octanol–water partition coefficient (Wildman–Crippen LogP) is 8.81. The van der Waals surface area contributed by atoms with Crippen LogP contribution in [0.4, 0.5) is 9.59 Å². The zero-order chi connectivity index (χ0) is 40.3. The number of aromatic amines is 2. The molecule has 0 aliphatic carbocycles. The van der Waals surface area contributed by atoms with E-state index < -0.39 is 17.7 Å². The average molecular weight is 776 g/mol. The second-order valence-corrected chi connectivity index (χ2v) is 17.2. The Labute approximate surface area is 332 Å². The van der Waals surface area contributed by atoms with Crippen molar-refractivity contribution in [2.75, 3.05) is 13.7 Å². The maximum Gasteiger partial charge on any atom is 0.410 e. The van der Waals surface area contributed by atoms with Gasteiger partial charge in [-0.1, -0.05) is 45.4 Å². The van der Waals surface area contributed by atoms with Crippen LogP contribution in [0, 0.1) is 11.8 Å². The zero-order valence-corrected chi connectivity index (χ0v) is 34.1. The van der Waals surface area contributed by atoms with Crippen LogP contribution < -0.4 is 10.1 Å². The van der Waals surface area contributed by atoms with E-state index >= 15 is 0 Å². The van der Waals surface area contributed by atoms with Crippen LogP contribution in [0.3, 0.4) is 0 Å². The summed E-state index contributed by atoms with van der Waals surface area (Å²) in [4.78, 5) is 60.0. The topological polar surface area (TPSA) is 155 Å². The molecule has 2 unspecified atom stereocenters. The van der Waals surface area contributed by atoms with E-state index in [1.165, 1.54) is 7.11 Å². The van der Waals surface area contributed by atoms with E-state index in [4.69, 9.17) is 24.2 Å². The summed E-state index contributed by atoms with van der Waals surface area (Å²) >= 11 is 0. The quantitative estimate of drug-likeness (QED) is 0.148. The summed E-state index contributed by atoms with van der Waals surface area (Å²) in [5, 5.41) is 4.83. The van der Waals surface area contributed by atoms with Crippen molar-refractivity contribution in [1.29, 1.82) is 0 Å². The van der Waals surface area contributed by atoms with Crippen molar-refractivity contribution in [3.8, 4) is 28.1 Å². The third kappa shape index (κ3) is 7.16. The number of benzene rings is 3. The van der Waals surface area contributed by atoms with Crippen LogP contribution in [-0.4, -0.2) is 79.2 Å². The Hall–Kier alpha value is -5.59. The highest BCUT2D eigenvalue weighted by Crippen LogP contribution is 2.44. The summed E-state index contributed by atoms with van der Waals surface area (Å²) < 4.78 is 17.0. The van der Waals surface area contributed by atoms with E-state index in [9.17, 15) is 14.4 Å². The van der Waals surface area contributed by atoms with Crippen LogP contribution in [0.25, 0.3) is 44.2 Å². The van der Waals surface area contributed by atoms with Crippen LogP contribution in [0.2, 0.25) is 0 Å². The van der Waals surface area contributed by atoms with Crippen molar-refractivity contribution in [1.82, 2.24) is 35.1 Å². The van der Waals surface area contributed by atoms with Crippen molar-refractivity contribution in [3.63, 3.8) is 0 Å². The molecule has 13 nitrogen and oxygen atoms in total. The summed E-state index contributed by atoms with van der Waals surface area (Å²) in [5.41, 5.74) is 6.21. The number of imidazole rings is 2. The fraction of sp³-hybridized carbons (Fsp3) is 0.477. The first-order valence-electron chi connectivity index (χ1n) is 20.2. The summed E-state index contributed by atoms with van der Waals surface area (Å²) in [6.07, 6.45) is 4.04. The Morgan fingerprint density at radius 2 is 1.82 bits per heavy atom. The highest BCUT2D eigenvalue weighted by molar-refractivity contribution is 6.07. The number of fused-ring (bicyclic) bond motifs is 6. The summed E-state index contributed by atoms with van der Waals surface area (Å²) in [6, 6.07) is 13.6. The molecule has 0 bridgehead atoms. The van der Waals surface area contributed by atoms with Gasteiger partial charge < -0.3 is 34.4 Å². The van der Waals surface area contributed by atoms with E-state index in [-0.39, 0.29) is 36.0 Å². The van der Waals surface area contributed by atoms with Gasteiger partial charge in [-0.3, -0.25) is 9.69 Å². The maximum absolute atomic E-state index is 14.1. The smallest absolute Gasteiger partial charge is 0.410 e. The monoisotopic (exact) mass is 775 g/mol. The Morgan fingerprint density at radius 1 is 1.02 bits per heavy atom. The number of hydrogen-bond acceptors (Lipinski definition) is 8. The molecular formula is C44H53N7O6. The van der Waals surface area contributed by atoms with E-state index in [1.54, 1.807) is 4.90 Å². The average Bonchev–Trinajstić information content (AvgIpc) is 4.00. The molecule has 2 aromatic heterocycles. The predicted molar refractivity (Wildman–Crippen MR) is 217 cm³/mol. The molecule has 0 saturated carbocycles. The van der Waals surface area contributed by atoms with Gasteiger partial charge in [0.2, 0.25) is 5.91 Å². The van der Waals surface area contributed by atoms with Crippen LogP contribution in [0.15, 0.2) is 48.7 Å². The SMILES string of the molecule is CCC(C)[C@H](NC(=O)OC)C(=O)N1[C@@H](C)CC[C@H]1c1nc2ccc3cc4c(cc3c2[nH]1)OCc1cc(-c2cnc(C3C[C@H](C)CN3C(=O)OC(C)(C)C)[nH]2)ccc1-4. The number of carbonyl (C=O) groups is 3. The largest absolute Gasteiger partial charge is 0.488 e. The number of nitrogens with zero attached hydrogens (tertiary/aromatic N) is 4. The molecule has 13 heteroatoms. The molecule has 0 radical (unpaired) electrons. The van der Waals surface area contributed by atoms with Gasteiger partial charge in [0.1, 0.15) is 35.6 Å². The normalized spacial score (nSPS) is 21.5. The third-order valence-electron chi connectivity index (χ3n) is 11.9. The van der Waals surface area contributed by atoms with E-state index in [0.29, 0.717) is 19.1 Å². The van der Waals surface area contributed by atoms with Crippen LogP contribution in [0.5, 0.6) is 5.75 Å². The van der Waals surface area contributed by atoms with Crippen molar-refractivity contribution < 1.29 is 28.6 Å². The summed E-state index contributed by atoms with van der Waals surface area (Å²) in [7, 11) is 1.31. The van der Waals surface area contributed by atoms with Gasteiger partial charge in [0, 0.05) is 23.5 Å². The minimum Gasteiger partial charge on any atom is -0.488 e. The number of nitrogens with one attached hydrogen (secondary N) is 3. The van der Waals surface area contributed by atoms with E-state index in [0.717, 1.165) is 92.8 Å². The number of aromatic nitrogens is 4. The lowest BCUT2D eigenvalue weighted by Crippen LogP contribution is -2.53. The molecule has 3 aromatic carbocycles. The van der Waals surface area contributed by atoms with Crippen LogP contribution in [-0.2, 0) is 20.9 Å². The van der Waals surface area contributed by atoms with Gasteiger partial charge in [0.15, 0.2) is 0 Å². The van der Waals surface area contributed by atoms with Crippen molar-refractivity contribution in [2.45, 2.75) is 111 Å². The lowest BCUT2D eigenvalue weighted by Gasteiger charge is -2.33. The number of amides is 3. The number of rotatable bonds is 7. The second kappa shape index (κ2) is 14.7. The Morgan fingerprint density at radius 3 is 2.58 bits per heavy atom. The first kappa shape index (κ1) is 38.3. The fourth-order valence-electron chi connectivity index (χ4n) is 8.77. The van der Waals surface area contributed by atoms with Gasteiger partial charge in [0.25, 0.3) is 0 Å². The first-order valence-corrected chi connectivity index (χ1v) is 20.2. The second-order valence-electron chi connectivity index (χ2n) is 17.2. The highest BCUT2D eigenvalue weighted by atomic mass is 16.6. The van der Waals surface area contributed by atoms with Gasteiger partial charge in [-0.05, 0) is 105 Å². The van der Waals surface area contributed by atoms with Crippen LogP contribution in [0.1, 0.15) is 103 Å². The molecular weight excluding hydrogens is 723 g/mol. The van der Waals surface area contributed by atoms with E-state index in [1.807, 2.05) is 51.8 Å². The Balaban J connectivity index is 1.06. The Bertz CT molecular complexity index is 2360. The molecule has 3 aliphatic heterocycles. The van der Waals surface area contributed by atoms with Gasteiger partial charge in [0.05, 0.1) is 42.1 Å². The zero-order valence-electron chi connectivity index (χ0n) is 34.1. The van der Waals surface area contributed by atoms with Gasteiger partial charge in [-0.25, -0.2) is 19.6 Å². The number of alkyl carbamates (subject to hydrolysis) is 1. The van der Waals surface area contributed by atoms with Gasteiger partial charge >= 0.3 is 12.2 Å². The van der Waals surface area contributed by atoms with Crippen molar-refractivity contribution in [2.24, 2.45) is 11.8 Å². The minimum absolute atomic E-state index is 0.0135. The molecule has 0 spiro atoms. The number of methoxy groups -OCH3 is 1. The molecule has 300 valence electrons.